The Bertz CT molecular complexity index is 725. The molecule has 0 saturated carbocycles. The van der Waals surface area contributed by atoms with Crippen LogP contribution in [0, 0.1) is 6.92 Å². The lowest BCUT2D eigenvalue weighted by Gasteiger charge is -2.09. The van der Waals surface area contributed by atoms with Crippen LogP contribution >= 0.6 is 27.5 Å². The molecule has 2 rings (SSSR count). The summed E-state index contributed by atoms with van der Waals surface area (Å²) >= 11 is 9.41. The molecule has 0 spiro atoms. The predicted molar refractivity (Wildman–Crippen MR) is 85.1 cm³/mol. The predicted octanol–water partition coefficient (Wildman–Crippen LogP) is 4.43. The van der Waals surface area contributed by atoms with Crippen LogP contribution in [-0.2, 0) is 4.74 Å². The van der Waals surface area contributed by atoms with Crippen LogP contribution in [0.15, 0.2) is 40.9 Å². The molecule has 0 aromatic heterocycles. The van der Waals surface area contributed by atoms with E-state index < -0.39 is 5.97 Å². The summed E-state index contributed by atoms with van der Waals surface area (Å²) in [6.07, 6.45) is 0. The molecule has 0 fully saturated rings. The number of aryl methyl sites for hydroxylation is 1. The Balaban J connectivity index is 2.50. The van der Waals surface area contributed by atoms with Crippen molar-refractivity contribution in [2.75, 3.05) is 7.11 Å². The summed E-state index contributed by atoms with van der Waals surface area (Å²) in [6, 6.07) is 9.93. The van der Waals surface area contributed by atoms with E-state index in [1.807, 2.05) is 0 Å². The van der Waals surface area contributed by atoms with E-state index in [0.717, 1.165) is 10.0 Å². The van der Waals surface area contributed by atoms with Gasteiger partial charge in [-0.3, -0.25) is 4.79 Å². The third kappa shape index (κ3) is 3.34. The molecule has 0 aliphatic rings. The standard InChI is InChI=1S/C16H12BrClO3/c1-9-3-4-10(16(20)21-2)7-13(9)15(19)12-6-5-11(17)8-14(12)18/h3-8H,1-2H3. The van der Waals surface area contributed by atoms with Gasteiger partial charge in [0.25, 0.3) is 0 Å². The first-order valence-electron chi connectivity index (χ1n) is 6.12. The first-order valence-corrected chi connectivity index (χ1v) is 7.30. The Kier molecular flexibility index (Phi) is 4.80. The minimum Gasteiger partial charge on any atom is -0.465 e. The molecule has 0 radical (unpaired) electrons. The molecule has 0 atom stereocenters. The van der Waals surface area contributed by atoms with E-state index in [0.29, 0.717) is 21.7 Å². The van der Waals surface area contributed by atoms with Crippen molar-refractivity contribution in [1.82, 2.24) is 0 Å². The smallest absolute Gasteiger partial charge is 0.337 e. The van der Waals surface area contributed by atoms with E-state index >= 15 is 0 Å². The third-order valence-corrected chi connectivity index (χ3v) is 3.89. The maximum absolute atomic E-state index is 12.6. The van der Waals surface area contributed by atoms with E-state index in [2.05, 4.69) is 20.7 Å². The number of hydrogen-bond acceptors (Lipinski definition) is 3. The molecular weight excluding hydrogens is 356 g/mol. The van der Waals surface area contributed by atoms with Crippen LogP contribution in [0.5, 0.6) is 0 Å². The SMILES string of the molecule is COC(=O)c1ccc(C)c(C(=O)c2ccc(Br)cc2Cl)c1. The van der Waals surface area contributed by atoms with Gasteiger partial charge in [-0.1, -0.05) is 33.6 Å². The van der Waals surface area contributed by atoms with Gasteiger partial charge in [-0.15, -0.1) is 0 Å². The molecule has 3 nitrogen and oxygen atoms in total. The number of ketones is 1. The van der Waals surface area contributed by atoms with Crippen molar-refractivity contribution in [3.8, 4) is 0 Å². The molecule has 0 bridgehead atoms. The average Bonchev–Trinajstić information content (AvgIpc) is 2.46. The van der Waals surface area contributed by atoms with Gasteiger partial charge in [-0.05, 0) is 42.8 Å². The number of carbonyl (C=O) groups excluding carboxylic acids is 2. The van der Waals surface area contributed by atoms with Gasteiger partial charge in [-0.25, -0.2) is 4.79 Å². The molecule has 2 aromatic carbocycles. The fourth-order valence-electron chi connectivity index (χ4n) is 1.93. The molecule has 0 unspecified atom stereocenters. The Morgan fingerprint density at radius 2 is 1.81 bits per heavy atom. The van der Waals surface area contributed by atoms with Crippen molar-refractivity contribution in [1.29, 1.82) is 0 Å². The first kappa shape index (κ1) is 15.7. The van der Waals surface area contributed by atoms with E-state index in [9.17, 15) is 9.59 Å². The summed E-state index contributed by atoms with van der Waals surface area (Å²) in [7, 11) is 1.30. The van der Waals surface area contributed by atoms with Crippen molar-refractivity contribution >= 4 is 39.3 Å². The lowest BCUT2D eigenvalue weighted by atomic mass is 9.97. The van der Waals surface area contributed by atoms with Gasteiger partial charge in [0.05, 0.1) is 17.7 Å². The van der Waals surface area contributed by atoms with E-state index in [-0.39, 0.29) is 5.78 Å². The van der Waals surface area contributed by atoms with Gasteiger partial charge in [0.15, 0.2) is 5.78 Å². The number of halogens is 2. The maximum atomic E-state index is 12.6. The summed E-state index contributed by atoms with van der Waals surface area (Å²) in [6.45, 7) is 1.81. The highest BCUT2D eigenvalue weighted by atomic mass is 79.9. The highest BCUT2D eigenvalue weighted by molar-refractivity contribution is 9.10. The number of hydrogen-bond donors (Lipinski definition) is 0. The zero-order valence-electron chi connectivity index (χ0n) is 11.4. The number of rotatable bonds is 3. The average molecular weight is 368 g/mol. The van der Waals surface area contributed by atoms with Crippen molar-refractivity contribution in [3.63, 3.8) is 0 Å². The monoisotopic (exact) mass is 366 g/mol. The summed E-state index contributed by atoms with van der Waals surface area (Å²) < 4.78 is 5.47. The molecular formula is C16H12BrClO3. The molecule has 5 heteroatoms. The van der Waals surface area contributed by atoms with E-state index in [4.69, 9.17) is 11.6 Å². The fraction of sp³-hybridized carbons (Fsp3) is 0.125. The van der Waals surface area contributed by atoms with Crippen LogP contribution in [0.4, 0.5) is 0 Å². The number of methoxy groups -OCH3 is 1. The Hall–Kier alpha value is -1.65. The van der Waals surface area contributed by atoms with Gasteiger partial charge in [0.1, 0.15) is 0 Å². The van der Waals surface area contributed by atoms with Crippen LogP contribution in [0.25, 0.3) is 0 Å². The number of carbonyl (C=O) groups is 2. The summed E-state index contributed by atoms with van der Waals surface area (Å²) in [5.74, 6) is -0.707. The third-order valence-electron chi connectivity index (χ3n) is 3.08. The summed E-state index contributed by atoms with van der Waals surface area (Å²) in [4.78, 5) is 24.2. The second kappa shape index (κ2) is 6.41. The van der Waals surface area contributed by atoms with Gasteiger partial charge in [0, 0.05) is 15.6 Å². The Morgan fingerprint density at radius 3 is 2.43 bits per heavy atom. The molecule has 0 amide bonds. The van der Waals surface area contributed by atoms with Gasteiger partial charge < -0.3 is 4.74 Å². The second-order valence-electron chi connectivity index (χ2n) is 4.47. The molecule has 108 valence electrons. The number of esters is 1. The second-order valence-corrected chi connectivity index (χ2v) is 5.80. The number of ether oxygens (including phenoxy) is 1. The van der Waals surface area contributed by atoms with Crippen LogP contribution in [0.2, 0.25) is 5.02 Å². The lowest BCUT2D eigenvalue weighted by Crippen LogP contribution is -2.08. The van der Waals surface area contributed by atoms with Crippen molar-refractivity contribution in [3.05, 3.63) is 68.1 Å². The van der Waals surface area contributed by atoms with Crippen LogP contribution in [-0.4, -0.2) is 18.9 Å². The van der Waals surface area contributed by atoms with Crippen LogP contribution < -0.4 is 0 Å². The normalized spacial score (nSPS) is 10.3. The molecule has 0 N–H and O–H groups in total. The number of benzene rings is 2. The maximum Gasteiger partial charge on any atom is 0.337 e. The molecule has 0 heterocycles. The largest absolute Gasteiger partial charge is 0.465 e. The quantitative estimate of drug-likeness (QED) is 0.595. The minimum atomic E-state index is -0.481. The molecule has 0 saturated heterocycles. The molecule has 21 heavy (non-hydrogen) atoms. The van der Waals surface area contributed by atoms with Crippen LogP contribution in [0.1, 0.15) is 31.8 Å². The Morgan fingerprint density at radius 1 is 1.10 bits per heavy atom. The van der Waals surface area contributed by atoms with E-state index in [1.54, 1.807) is 37.3 Å². The summed E-state index contributed by atoms with van der Waals surface area (Å²) in [5, 5.41) is 0.359. The first-order chi connectivity index (χ1) is 9.93. The zero-order valence-corrected chi connectivity index (χ0v) is 13.8. The highest BCUT2D eigenvalue weighted by Crippen LogP contribution is 2.25. The van der Waals surface area contributed by atoms with E-state index in [1.165, 1.54) is 13.2 Å². The lowest BCUT2D eigenvalue weighted by molar-refractivity contribution is 0.0600. The minimum absolute atomic E-state index is 0.226. The topological polar surface area (TPSA) is 43.4 Å². The molecule has 0 aliphatic carbocycles. The highest BCUT2D eigenvalue weighted by Gasteiger charge is 2.17. The molecule has 2 aromatic rings. The van der Waals surface area contributed by atoms with Crippen LogP contribution in [0.3, 0.4) is 0 Å². The van der Waals surface area contributed by atoms with Crippen molar-refractivity contribution < 1.29 is 14.3 Å². The molecule has 0 aliphatic heterocycles. The summed E-state index contributed by atoms with van der Waals surface area (Å²) in [5.41, 5.74) is 1.93. The Labute approximate surface area is 136 Å². The zero-order chi connectivity index (χ0) is 15.6. The van der Waals surface area contributed by atoms with Crippen molar-refractivity contribution in [2.24, 2.45) is 0 Å². The van der Waals surface area contributed by atoms with Gasteiger partial charge >= 0.3 is 5.97 Å². The van der Waals surface area contributed by atoms with Gasteiger partial charge in [-0.2, -0.15) is 0 Å². The van der Waals surface area contributed by atoms with Gasteiger partial charge in [0.2, 0.25) is 0 Å². The van der Waals surface area contributed by atoms with Crippen molar-refractivity contribution in [2.45, 2.75) is 6.92 Å². The fourth-order valence-corrected chi connectivity index (χ4v) is 2.69.